The van der Waals surface area contributed by atoms with E-state index in [4.69, 9.17) is 11.6 Å². The molecule has 4 rings (SSSR count). The molecule has 0 saturated heterocycles. The van der Waals surface area contributed by atoms with Crippen LogP contribution in [0.15, 0.2) is 77.7 Å². The van der Waals surface area contributed by atoms with Crippen LogP contribution in [-0.4, -0.2) is 43.8 Å². The normalized spacial score (nSPS) is 14.7. The van der Waals surface area contributed by atoms with Crippen molar-refractivity contribution in [2.75, 3.05) is 10.8 Å². The maximum atomic E-state index is 14.2. The second-order valence-corrected chi connectivity index (χ2v) is 13.0. The molecule has 2 amide bonds. The van der Waals surface area contributed by atoms with Crippen molar-refractivity contribution in [3.8, 4) is 0 Å². The lowest BCUT2D eigenvalue weighted by atomic mass is 9.95. The Balaban J connectivity index is 1.71. The number of anilines is 1. The van der Waals surface area contributed by atoms with Gasteiger partial charge in [-0.3, -0.25) is 13.9 Å². The summed E-state index contributed by atoms with van der Waals surface area (Å²) in [5.41, 5.74) is 1.63. The van der Waals surface area contributed by atoms with Crippen LogP contribution in [0, 0.1) is 12.7 Å². The number of carbonyl (C=O) groups is 2. The standard InChI is InChI=1S/C32H37ClFN3O4S/c1-3-30(32(39)35-26-10-5-4-6-11-26)36(21-24-9-7-8-12-29(24)33)31(38)22-37(27-17-15-25(34)16-18-27)42(40,41)28-19-13-23(2)14-20-28/h7-9,12-20,26,30H,3-6,10-11,21-22H2,1-2H3,(H,35,39)/t30-/m0/s1. The highest BCUT2D eigenvalue weighted by Gasteiger charge is 2.34. The van der Waals surface area contributed by atoms with Crippen LogP contribution in [0.1, 0.15) is 56.6 Å². The summed E-state index contributed by atoms with van der Waals surface area (Å²) >= 11 is 6.46. The van der Waals surface area contributed by atoms with Crippen LogP contribution in [0.5, 0.6) is 0 Å². The number of hydrogen-bond donors (Lipinski definition) is 1. The van der Waals surface area contributed by atoms with E-state index >= 15 is 0 Å². The second kappa shape index (κ2) is 14.2. The van der Waals surface area contributed by atoms with Gasteiger partial charge >= 0.3 is 0 Å². The zero-order valence-electron chi connectivity index (χ0n) is 23.9. The number of halogens is 2. The monoisotopic (exact) mass is 613 g/mol. The van der Waals surface area contributed by atoms with Gasteiger partial charge in [0.15, 0.2) is 0 Å². The van der Waals surface area contributed by atoms with Crippen molar-refractivity contribution in [2.45, 2.75) is 75.9 Å². The maximum absolute atomic E-state index is 14.2. The minimum atomic E-state index is -4.23. The summed E-state index contributed by atoms with van der Waals surface area (Å²) in [6.07, 6.45) is 5.29. The number of amides is 2. The van der Waals surface area contributed by atoms with E-state index in [1.54, 1.807) is 36.4 Å². The number of carbonyl (C=O) groups excluding carboxylic acids is 2. The summed E-state index contributed by atoms with van der Waals surface area (Å²) in [5, 5.41) is 3.55. The second-order valence-electron chi connectivity index (χ2n) is 10.7. The zero-order chi connectivity index (χ0) is 30.3. The van der Waals surface area contributed by atoms with E-state index in [1.807, 2.05) is 13.8 Å². The first-order valence-corrected chi connectivity index (χ1v) is 16.1. The van der Waals surface area contributed by atoms with E-state index in [2.05, 4.69) is 5.32 Å². The third-order valence-electron chi connectivity index (χ3n) is 7.64. The number of sulfonamides is 1. The van der Waals surface area contributed by atoms with Crippen molar-refractivity contribution in [1.29, 1.82) is 0 Å². The molecule has 0 bridgehead atoms. The van der Waals surface area contributed by atoms with Gasteiger partial charge in [-0.05, 0) is 74.2 Å². The molecule has 7 nitrogen and oxygen atoms in total. The molecule has 1 aliphatic carbocycles. The maximum Gasteiger partial charge on any atom is 0.264 e. The van der Waals surface area contributed by atoms with Crippen LogP contribution in [0.2, 0.25) is 5.02 Å². The van der Waals surface area contributed by atoms with Gasteiger partial charge in [-0.1, -0.05) is 73.7 Å². The SMILES string of the molecule is CC[C@@H](C(=O)NC1CCCCC1)N(Cc1ccccc1Cl)C(=O)CN(c1ccc(F)cc1)S(=O)(=O)c1ccc(C)cc1. The molecule has 224 valence electrons. The molecule has 1 fully saturated rings. The average Bonchev–Trinajstić information content (AvgIpc) is 2.98. The van der Waals surface area contributed by atoms with Crippen molar-refractivity contribution in [3.05, 3.63) is 94.8 Å². The first-order chi connectivity index (χ1) is 20.1. The Kier molecular flexibility index (Phi) is 10.6. The topological polar surface area (TPSA) is 86.8 Å². The highest BCUT2D eigenvalue weighted by atomic mass is 35.5. The first kappa shape index (κ1) is 31.5. The lowest BCUT2D eigenvalue weighted by molar-refractivity contribution is -0.140. The Bertz CT molecular complexity index is 1480. The molecule has 1 saturated carbocycles. The number of rotatable bonds is 11. The predicted molar refractivity (Wildman–Crippen MR) is 163 cm³/mol. The summed E-state index contributed by atoms with van der Waals surface area (Å²) in [5.74, 6) is -1.40. The highest BCUT2D eigenvalue weighted by Crippen LogP contribution is 2.26. The van der Waals surface area contributed by atoms with Gasteiger partial charge in [-0.25, -0.2) is 12.8 Å². The summed E-state index contributed by atoms with van der Waals surface area (Å²) in [6, 6.07) is 17.4. The number of nitrogens with one attached hydrogen (secondary N) is 1. The smallest absolute Gasteiger partial charge is 0.264 e. The number of aryl methyl sites for hydroxylation is 1. The molecule has 10 heteroatoms. The fourth-order valence-electron chi connectivity index (χ4n) is 5.25. The molecule has 1 N–H and O–H groups in total. The van der Waals surface area contributed by atoms with Crippen molar-refractivity contribution in [2.24, 2.45) is 0 Å². The Morgan fingerprint density at radius 2 is 1.62 bits per heavy atom. The number of nitrogens with zero attached hydrogens (tertiary/aromatic N) is 2. The van der Waals surface area contributed by atoms with Crippen LogP contribution in [0.4, 0.5) is 10.1 Å². The fourth-order valence-corrected chi connectivity index (χ4v) is 6.86. The van der Waals surface area contributed by atoms with Crippen LogP contribution in [0.3, 0.4) is 0 Å². The van der Waals surface area contributed by atoms with Crippen LogP contribution >= 0.6 is 11.6 Å². The lowest BCUT2D eigenvalue weighted by Gasteiger charge is -2.34. The molecule has 3 aromatic carbocycles. The van der Waals surface area contributed by atoms with Crippen molar-refractivity contribution in [3.63, 3.8) is 0 Å². The molecule has 3 aromatic rings. The largest absolute Gasteiger partial charge is 0.352 e. The van der Waals surface area contributed by atoms with Crippen molar-refractivity contribution < 1.29 is 22.4 Å². The molecular formula is C32H37ClFN3O4S. The molecule has 0 spiro atoms. The summed E-state index contributed by atoms with van der Waals surface area (Å²) in [7, 11) is -4.23. The number of benzene rings is 3. The number of hydrogen-bond acceptors (Lipinski definition) is 4. The lowest BCUT2D eigenvalue weighted by Crippen LogP contribution is -2.54. The van der Waals surface area contributed by atoms with E-state index in [1.165, 1.54) is 29.2 Å². The Hall–Kier alpha value is -3.43. The molecule has 0 unspecified atom stereocenters. The summed E-state index contributed by atoms with van der Waals surface area (Å²) < 4.78 is 42.6. The molecular weight excluding hydrogens is 577 g/mol. The van der Waals surface area contributed by atoms with E-state index in [-0.39, 0.29) is 29.1 Å². The van der Waals surface area contributed by atoms with Gasteiger partial charge in [-0.2, -0.15) is 0 Å². The molecule has 0 radical (unpaired) electrons. The van der Waals surface area contributed by atoms with Gasteiger partial charge < -0.3 is 10.2 Å². The van der Waals surface area contributed by atoms with Gasteiger partial charge in [-0.15, -0.1) is 0 Å². The van der Waals surface area contributed by atoms with Gasteiger partial charge in [0.1, 0.15) is 18.4 Å². The van der Waals surface area contributed by atoms with Gasteiger partial charge in [0.25, 0.3) is 10.0 Å². The van der Waals surface area contributed by atoms with Gasteiger partial charge in [0, 0.05) is 17.6 Å². The van der Waals surface area contributed by atoms with Gasteiger partial charge in [0.2, 0.25) is 11.8 Å². The van der Waals surface area contributed by atoms with Gasteiger partial charge in [0.05, 0.1) is 10.6 Å². The molecule has 42 heavy (non-hydrogen) atoms. The molecule has 1 atom stereocenters. The Morgan fingerprint density at radius 3 is 2.24 bits per heavy atom. The minimum absolute atomic E-state index is 0.00929. The summed E-state index contributed by atoms with van der Waals surface area (Å²) in [4.78, 5) is 29.2. The highest BCUT2D eigenvalue weighted by molar-refractivity contribution is 7.92. The molecule has 1 aliphatic rings. The van der Waals surface area contributed by atoms with E-state index in [9.17, 15) is 22.4 Å². The van der Waals surface area contributed by atoms with Crippen molar-refractivity contribution in [1.82, 2.24) is 10.2 Å². The minimum Gasteiger partial charge on any atom is -0.352 e. The fraction of sp³-hybridized carbons (Fsp3) is 0.375. The third kappa shape index (κ3) is 7.69. The van der Waals surface area contributed by atoms with Crippen LogP contribution in [-0.2, 0) is 26.2 Å². The molecule has 0 aliphatic heterocycles. The summed E-state index contributed by atoms with van der Waals surface area (Å²) in [6.45, 7) is 3.07. The van der Waals surface area contributed by atoms with E-state index < -0.39 is 34.3 Å². The van der Waals surface area contributed by atoms with Crippen LogP contribution in [0.25, 0.3) is 0 Å². The van der Waals surface area contributed by atoms with Crippen molar-refractivity contribution >= 4 is 39.1 Å². The van der Waals surface area contributed by atoms with Crippen LogP contribution < -0.4 is 9.62 Å². The third-order valence-corrected chi connectivity index (χ3v) is 9.80. The molecule has 0 heterocycles. The van der Waals surface area contributed by atoms with E-state index in [0.29, 0.717) is 17.0 Å². The zero-order valence-corrected chi connectivity index (χ0v) is 25.5. The Morgan fingerprint density at radius 1 is 0.976 bits per heavy atom. The average molecular weight is 614 g/mol. The quantitative estimate of drug-likeness (QED) is 0.277. The Labute approximate surface area is 252 Å². The van der Waals surface area contributed by atoms with E-state index in [0.717, 1.165) is 54.1 Å². The first-order valence-electron chi connectivity index (χ1n) is 14.3. The molecule has 0 aromatic heterocycles. The predicted octanol–water partition coefficient (Wildman–Crippen LogP) is 6.24.